The van der Waals surface area contributed by atoms with Crippen LogP contribution in [0.2, 0.25) is 0 Å². The summed E-state index contributed by atoms with van der Waals surface area (Å²) >= 11 is 0. The molecule has 4 nitrogen and oxygen atoms in total. The number of hydrogen-bond donors (Lipinski definition) is 2. The highest BCUT2D eigenvalue weighted by molar-refractivity contribution is 5.94. The molecule has 0 spiro atoms. The molecule has 0 unspecified atom stereocenters. The van der Waals surface area contributed by atoms with Crippen LogP contribution in [0.1, 0.15) is 10.4 Å². The Balaban J connectivity index is 1.94. The maximum absolute atomic E-state index is 12.7. The van der Waals surface area contributed by atoms with Crippen LogP contribution in [-0.2, 0) is 0 Å². The number of carbonyl (C=O) groups is 1. The molecule has 0 aromatic heterocycles. The maximum atomic E-state index is 12.7. The highest BCUT2D eigenvalue weighted by Gasteiger charge is 2.04. The number of hydrazine groups is 1. The fourth-order valence-corrected chi connectivity index (χ4v) is 1.48. The normalized spacial score (nSPS) is 9.79. The zero-order chi connectivity index (χ0) is 13.7. The quantitative estimate of drug-likeness (QED) is 0.831. The van der Waals surface area contributed by atoms with E-state index in [1.54, 1.807) is 31.4 Å². The largest absolute Gasteiger partial charge is 0.497 e. The van der Waals surface area contributed by atoms with Crippen LogP contribution < -0.4 is 15.6 Å². The predicted molar refractivity (Wildman–Crippen MR) is 70.5 cm³/mol. The van der Waals surface area contributed by atoms with E-state index in [1.807, 2.05) is 0 Å². The van der Waals surface area contributed by atoms with Gasteiger partial charge in [0, 0.05) is 5.56 Å². The smallest absolute Gasteiger partial charge is 0.269 e. The van der Waals surface area contributed by atoms with Gasteiger partial charge in [0.25, 0.3) is 5.91 Å². The summed E-state index contributed by atoms with van der Waals surface area (Å²) in [5.41, 5.74) is 6.38. The van der Waals surface area contributed by atoms with E-state index in [0.717, 1.165) is 11.4 Å². The van der Waals surface area contributed by atoms with Crippen molar-refractivity contribution in [1.82, 2.24) is 5.43 Å². The summed E-state index contributed by atoms with van der Waals surface area (Å²) in [6.07, 6.45) is 0. The summed E-state index contributed by atoms with van der Waals surface area (Å²) in [6.45, 7) is 0. The van der Waals surface area contributed by atoms with Crippen LogP contribution in [0.15, 0.2) is 48.5 Å². The number of carbonyl (C=O) groups excluding carboxylic acids is 1. The fraction of sp³-hybridized carbons (Fsp3) is 0.0714. The van der Waals surface area contributed by atoms with Crippen LogP contribution in [0.4, 0.5) is 10.1 Å². The van der Waals surface area contributed by atoms with Gasteiger partial charge in [-0.05, 0) is 48.5 Å². The van der Waals surface area contributed by atoms with Crippen LogP contribution in [-0.4, -0.2) is 13.0 Å². The second kappa shape index (κ2) is 5.86. The van der Waals surface area contributed by atoms with Gasteiger partial charge in [-0.2, -0.15) is 0 Å². The Morgan fingerprint density at radius 1 is 1.05 bits per heavy atom. The fourth-order valence-electron chi connectivity index (χ4n) is 1.48. The van der Waals surface area contributed by atoms with Crippen molar-refractivity contribution in [1.29, 1.82) is 0 Å². The van der Waals surface area contributed by atoms with Crippen molar-refractivity contribution in [2.75, 3.05) is 12.5 Å². The van der Waals surface area contributed by atoms with Crippen LogP contribution in [0.25, 0.3) is 0 Å². The molecule has 1 amide bonds. The van der Waals surface area contributed by atoms with Crippen molar-refractivity contribution in [2.45, 2.75) is 0 Å². The van der Waals surface area contributed by atoms with Gasteiger partial charge in [-0.25, -0.2) is 4.39 Å². The molecule has 2 N–H and O–H groups in total. The van der Waals surface area contributed by atoms with Crippen LogP contribution in [0.3, 0.4) is 0 Å². The number of anilines is 1. The Hall–Kier alpha value is -2.56. The van der Waals surface area contributed by atoms with Gasteiger partial charge in [-0.15, -0.1) is 0 Å². The van der Waals surface area contributed by atoms with E-state index < -0.39 is 0 Å². The predicted octanol–water partition coefficient (Wildman–Crippen LogP) is 2.59. The standard InChI is InChI=1S/C14H13FN2O2/c1-19-13-8-6-12(7-9-13)16-17-14(18)10-2-4-11(15)5-3-10/h2-9,16H,1H3,(H,17,18). The first-order valence-corrected chi connectivity index (χ1v) is 5.65. The number of rotatable bonds is 4. The van der Waals surface area contributed by atoms with Crippen LogP contribution in [0, 0.1) is 5.82 Å². The van der Waals surface area contributed by atoms with Gasteiger partial charge in [0.1, 0.15) is 11.6 Å². The Labute approximate surface area is 110 Å². The van der Waals surface area contributed by atoms with Gasteiger partial charge in [0.05, 0.1) is 12.8 Å². The number of amides is 1. The third kappa shape index (κ3) is 3.45. The molecule has 0 heterocycles. The Morgan fingerprint density at radius 3 is 2.26 bits per heavy atom. The van der Waals surface area contributed by atoms with E-state index in [9.17, 15) is 9.18 Å². The molecule has 19 heavy (non-hydrogen) atoms. The van der Waals surface area contributed by atoms with E-state index in [4.69, 9.17) is 4.74 Å². The van der Waals surface area contributed by atoms with Gasteiger partial charge < -0.3 is 4.74 Å². The number of methoxy groups -OCH3 is 1. The molecule has 0 atom stereocenters. The lowest BCUT2D eigenvalue weighted by Crippen LogP contribution is -2.29. The second-order valence-electron chi connectivity index (χ2n) is 3.81. The molecule has 0 aliphatic carbocycles. The molecule has 0 saturated carbocycles. The van der Waals surface area contributed by atoms with Crippen LogP contribution >= 0.6 is 0 Å². The van der Waals surface area contributed by atoms with E-state index in [1.165, 1.54) is 24.3 Å². The van der Waals surface area contributed by atoms with E-state index in [-0.39, 0.29) is 11.7 Å². The number of hydrogen-bond acceptors (Lipinski definition) is 3. The molecule has 0 fully saturated rings. The highest BCUT2D eigenvalue weighted by atomic mass is 19.1. The minimum atomic E-state index is -0.375. The molecule has 0 aliphatic rings. The number of halogens is 1. The second-order valence-corrected chi connectivity index (χ2v) is 3.81. The van der Waals surface area contributed by atoms with Crippen LogP contribution in [0.5, 0.6) is 5.75 Å². The summed E-state index contributed by atoms with van der Waals surface area (Å²) in [4.78, 5) is 11.7. The first kappa shape index (κ1) is 12.9. The van der Waals surface area contributed by atoms with Crippen molar-refractivity contribution < 1.29 is 13.9 Å². The zero-order valence-electron chi connectivity index (χ0n) is 10.3. The average molecular weight is 260 g/mol. The molecule has 2 aromatic rings. The minimum Gasteiger partial charge on any atom is -0.497 e. The summed E-state index contributed by atoms with van der Waals surface area (Å²) in [7, 11) is 1.58. The molecule has 98 valence electrons. The van der Waals surface area contributed by atoms with E-state index >= 15 is 0 Å². The number of nitrogens with one attached hydrogen (secondary N) is 2. The van der Waals surface area contributed by atoms with Gasteiger partial charge in [0.15, 0.2) is 0 Å². The van der Waals surface area contributed by atoms with Crippen molar-refractivity contribution in [2.24, 2.45) is 0 Å². The monoisotopic (exact) mass is 260 g/mol. The lowest BCUT2D eigenvalue weighted by Gasteiger charge is -2.09. The third-order valence-electron chi connectivity index (χ3n) is 2.52. The number of ether oxygens (including phenoxy) is 1. The lowest BCUT2D eigenvalue weighted by molar-refractivity contribution is 0.0962. The Morgan fingerprint density at radius 2 is 1.68 bits per heavy atom. The molecular formula is C14H13FN2O2. The first-order valence-electron chi connectivity index (χ1n) is 5.65. The Bertz CT molecular complexity index is 553. The SMILES string of the molecule is COc1ccc(NNC(=O)c2ccc(F)cc2)cc1. The van der Waals surface area contributed by atoms with E-state index in [0.29, 0.717) is 5.56 Å². The molecule has 2 aromatic carbocycles. The summed E-state index contributed by atoms with van der Waals surface area (Å²) < 4.78 is 17.7. The third-order valence-corrected chi connectivity index (χ3v) is 2.52. The average Bonchev–Trinajstić information content (AvgIpc) is 2.46. The lowest BCUT2D eigenvalue weighted by atomic mass is 10.2. The van der Waals surface area contributed by atoms with Crippen molar-refractivity contribution >= 4 is 11.6 Å². The molecule has 0 bridgehead atoms. The van der Waals surface area contributed by atoms with E-state index in [2.05, 4.69) is 10.9 Å². The summed E-state index contributed by atoms with van der Waals surface area (Å²) in [6, 6.07) is 12.4. The van der Waals surface area contributed by atoms with Crippen molar-refractivity contribution in [3.05, 3.63) is 59.9 Å². The Kier molecular flexibility index (Phi) is 3.97. The van der Waals surface area contributed by atoms with Crippen molar-refractivity contribution in [3.8, 4) is 5.75 Å². The van der Waals surface area contributed by atoms with Gasteiger partial charge in [-0.1, -0.05) is 0 Å². The van der Waals surface area contributed by atoms with Gasteiger partial charge >= 0.3 is 0 Å². The highest BCUT2D eigenvalue weighted by Crippen LogP contribution is 2.14. The van der Waals surface area contributed by atoms with Gasteiger partial charge in [0.2, 0.25) is 0 Å². The molecule has 2 rings (SSSR count). The topological polar surface area (TPSA) is 50.4 Å². The van der Waals surface area contributed by atoms with Gasteiger partial charge in [-0.3, -0.25) is 15.6 Å². The molecule has 5 heteroatoms. The summed E-state index contributed by atoms with van der Waals surface area (Å²) in [5.74, 6) is 0.0193. The zero-order valence-corrected chi connectivity index (χ0v) is 10.3. The molecule has 0 radical (unpaired) electrons. The summed E-state index contributed by atoms with van der Waals surface area (Å²) in [5, 5.41) is 0. The first-order chi connectivity index (χ1) is 9.19. The molecule has 0 saturated heterocycles. The van der Waals surface area contributed by atoms with Crippen molar-refractivity contribution in [3.63, 3.8) is 0 Å². The minimum absolute atomic E-state index is 0.337. The molecular weight excluding hydrogens is 247 g/mol. The maximum Gasteiger partial charge on any atom is 0.269 e. The molecule has 0 aliphatic heterocycles. The number of benzene rings is 2.